The van der Waals surface area contributed by atoms with E-state index >= 15 is 0 Å². The predicted molar refractivity (Wildman–Crippen MR) is 72.8 cm³/mol. The van der Waals surface area contributed by atoms with Gasteiger partial charge in [0.15, 0.2) is 0 Å². The Hall–Kier alpha value is 0.01000. The number of amides is 1. The quantitative estimate of drug-likeness (QED) is 0.813. The van der Waals surface area contributed by atoms with E-state index in [1.807, 2.05) is 11.8 Å². The normalized spacial score (nSPS) is 33.3. The molecule has 1 saturated carbocycles. The first-order valence-electron chi connectivity index (χ1n) is 6.58. The van der Waals surface area contributed by atoms with E-state index in [1.54, 1.807) is 0 Å². The highest BCUT2D eigenvalue weighted by molar-refractivity contribution is 6.53. The third-order valence-corrected chi connectivity index (χ3v) is 6.03. The Morgan fingerprint density at radius 3 is 2.17 bits per heavy atom. The number of aliphatic hydroxyl groups excluding tert-OH is 1. The van der Waals surface area contributed by atoms with E-state index in [1.165, 1.54) is 0 Å². The van der Waals surface area contributed by atoms with Crippen LogP contribution in [0, 0.1) is 10.8 Å². The third-order valence-electron chi connectivity index (χ3n) is 4.93. The van der Waals surface area contributed by atoms with Crippen LogP contribution in [0.1, 0.15) is 39.5 Å². The summed E-state index contributed by atoms with van der Waals surface area (Å²) in [4.78, 5) is 14.2. The Balaban J connectivity index is 1.97. The van der Waals surface area contributed by atoms with Crippen LogP contribution in [0.2, 0.25) is 0 Å². The lowest BCUT2D eigenvalue weighted by atomic mass is 9.77. The summed E-state index contributed by atoms with van der Waals surface area (Å²) in [5.41, 5.74) is -0.609. The lowest BCUT2D eigenvalue weighted by Crippen LogP contribution is -2.47. The van der Waals surface area contributed by atoms with Crippen LogP contribution >= 0.6 is 23.2 Å². The Bertz CT molecular complexity index is 345. The zero-order chi connectivity index (χ0) is 13.6. The molecule has 0 aromatic rings. The second-order valence-electron chi connectivity index (χ2n) is 6.02. The first-order valence-corrected chi connectivity index (χ1v) is 7.34. The number of aliphatic hydroxyl groups is 1. The van der Waals surface area contributed by atoms with E-state index in [4.69, 9.17) is 23.2 Å². The second kappa shape index (κ2) is 4.53. The number of piperidine rings is 1. The zero-order valence-corrected chi connectivity index (χ0v) is 12.5. The number of alkyl halides is 2. The van der Waals surface area contributed by atoms with E-state index in [0.29, 0.717) is 19.5 Å². The molecule has 1 amide bonds. The summed E-state index contributed by atoms with van der Waals surface area (Å²) in [6.45, 7) is 5.54. The molecule has 2 aliphatic rings. The minimum Gasteiger partial charge on any atom is -0.396 e. The van der Waals surface area contributed by atoms with Crippen LogP contribution in [0.15, 0.2) is 0 Å². The van der Waals surface area contributed by atoms with Gasteiger partial charge in [-0.1, -0.05) is 6.92 Å². The third kappa shape index (κ3) is 2.14. The lowest BCUT2D eigenvalue weighted by Gasteiger charge is -2.41. The van der Waals surface area contributed by atoms with Crippen molar-refractivity contribution in [2.75, 3.05) is 19.7 Å². The Labute approximate surface area is 118 Å². The van der Waals surface area contributed by atoms with Gasteiger partial charge < -0.3 is 10.0 Å². The number of carbonyl (C=O) groups excluding carboxylic acids is 1. The van der Waals surface area contributed by atoms with Crippen molar-refractivity contribution in [2.24, 2.45) is 10.8 Å². The summed E-state index contributed by atoms with van der Waals surface area (Å²) in [7, 11) is 0. The van der Waals surface area contributed by atoms with Gasteiger partial charge in [0.1, 0.15) is 4.33 Å². The fourth-order valence-corrected chi connectivity index (χ4v) is 3.48. The van der Waals surface area contributed by atoms with Gasteiger partial charge in [-0.15, -0.1) is 23.2 Å². The molecule has 0 bridgehead atoms. The molecule has 1 aliphatic heterocycles. The van der Waals surface area contributed by atoms with Crippen molar-refractivity contribution in [3.63, 3.8) is 0 Å². The van der Waals surface area contributed by atoms with Crippen LogP contribution < -0.4 is 0 Å². The number of halogens is 2. The van der Waals surface area contributed by atoms with Gasteiger partial charge in [-0.25, -0.2) is 0 Å². The molecule has 104 valence electrons. The van der Waals surface area contributed by atoms with Crippen molar-refractivity contribution < 1.29 is 9.90 Å². The predicted octanol–water partition coefficient (Wildman–Crippen LogP) is 2.58. The maximum Gasteiger partial charge on any atom is 0.231 e. The van der Waals surface area contributed by atoms with Gasteiger partial charge in [-0.2, -0.15) is 0 Å². The van der Waals surface area contributed by atoms with Crippen LogP contribution in [0.4, 0.5) is 0 Å². The van der Waals surface area contributed by atoms with Crippen LogP contribution in [-0.2, 0) is 4.79 Å². The zero-order valence-electron chi connectivity index (χ0n) is 11.0. The number of likely N-dealkylation sites (tertiary alicyclic amines) is 1. The number of hydrogen-bond acceptors (Lipinski definition) is 2. The van der Waals surface area contributed by atoms with Crippen molar-refractivity contribution in [3.05, 3.63) is 0 Å². The Kier molecular flexibility index (Phi) is 3.63. The molecule has 1 atom stereocenters. The summed E-state index contributed by atoms with van der Waals surface area (Å²) >= 11 is 12.1. The molecule has 1 saturated heterocycles. The van der Waals surface area contributed by atoms with Crippen molar-refractivity contribution in [2.45, 2.75) is 43.9 Å². The van der Waals surface area contributed by atoms with E-state index in [0.717, 1.165) is 19.3 Å². The highest BCUT2D eigenvalue weighted by Crippen LogP contribution is 2.64. The first-order chi connectivity index (χ1) is 8.30. The summed E-state index contributed by atoms with van der Waals surface area (Å²) in [6.07, 6.45) is 3.22. The molecule has 2 fully saturated rings. The largest absolute Gasteiger partial charge is 0.396 e. The second-order valence-corrected chi connectivity index (χ2v) is 7.50. The van der Waals surface area contributed by atoms with Crippen molar-refractivity contribution in [1.29, 1.82) is 0 Å². The summed E-state index contributed by atoms with van der Waals surface area (Å²) in [5, 5.41) is 9.48. The molecule has 0 spiro atoms. The Morgan fingerprint density at radius 1 is 1.33 bits per heavy atom. The molecule has 0 aromatic carbocycles. The maximum absolute atomic E-state index is 12.4. The van der Waals surface area contributed by atoms with E-state index < -0.39 is 9.75 Å². The highest BCUT2D eigenvalue weighted by Gasteiger charge is 2.68. The van der Waals surface area contributed by atoms with Crippen molar-refractivity contribution >= 4 is 29.1 Å². The van der Waals surface area contributed by atoms with Gasteiger partial charge in [-0.3, -0.25) is 4.79 Å². The molecule has 0 radical (unpaired) electrons. The van der Waals surface area contributed by atoms with Crippen molar-refractivity contribution in [1.82, 2.24) is 4.90 Å². The fourth-order valence-electron chi connectivity index (χ4n) is 2.79. The summed E-state index contributed by atoms with van der Waals surface area (Å²) in [5.74, 6) is 0.0649. The standard InChI is InChI=1S/C13H21Cl2NO2/c1-3-12(9-17)4-6-16(7-5-12)10(18)11(2)8-13(11,14)15/h17H,3-9H2,1-2H3. The van der Waals surface area contributed by atoms with Gasteiger partial charge in [0.05, 0.1) is 5.41 Å². The molecular weight excluding hydrogens is 273 g/mol. The Morgan fingerprint density at radius 2 is 1.83 bits per heavy atom. The number of nitrogens with zero attached hydrogens (tertiary/aromatic N) is 1. The van der Waals surface area contributed by atoms with Crippen LogP contribution in [0.3, 0.4) is 0 Å². The van der Waals surface area contributed by atoms with Gasteiger partial charge in [0, 0.05) is 19.7 Å². The molecule has 0 aromatic heterocycles. The minimum absolute atomic E-state index is 0.000252. The highest BCUT2D eigenvalue weighted by atomic mass is 35.5. The smallest absolute Gasteiger partial charge is 0.231 e. The topological polar surface area (TPSA) is 40.5 Å². The van der Waals surface area contributed by atoms with E-state index in [9.17, 15) is 9.90 Å². The number of hydrogen-bond donors (Lipinski definition) is 1. The monoisotopic (exact) mass is 293 g/mol. The summed E-state index contributed by atoms with van der Waals surface area (Å²) < 4.78 is -0.889. The van der Waals surface area contributed by atoms with Gasteiger partial charge in [0.2, 0.25) is 5.91 Å². The molecular formula is C13H21Cl2NO2. The lowest BCUT2D eigenvalue weighted by molar-refractivity contribution is -0.139. The molecule has 18 heavy (non-hydrogen) atoms. The van der Waals surface area contributed by atoms with Crippen molar-refractivity contribution in [3.8, 4) is 0 Å². The summed E-state index contributed by atoms with van der Waals surface area (Å²) in [6, 6.07) is 0. The van der Waals surface area contributed by atoms with Crippen LogP contribution in [0.25, 0.3) is 0 Å². The molecule has 1 heterocycles. The fraction of sp³-hybridized carbons (Fsp3) is 0.923. The molecule has 2 rings (SSSR count). The average molecular weight is 294 g/mol. The number of rotatable bonds is 3. The van der Waals surface area contributed by atoms with Crippen LogP contribution in [0.5, 0.6) is 0 Å². The van der Waals surface area contributed by atoms with E-state index in [2.05, 4.69) is 6.92 Å². The van der Waals surface area contributed by atoms with Gasteiger partial charge in [0.25, 0.3) is 0 Å². The van der Waals surface area contributed by atoms with E-state index in [-0.39, 0.29) is 17.9 Å². The first kappa shape index (κ1) is 14.4. The van der Waals surface area contributed by atoms with Gasteiger partial charge in [-0.05, 0) is 38.0 Å². The SMILES string of the molecule is CCC1(CO)CCN(C(=O)C2(C)CC2(Cl)Cl)CC1. The van der Waals surface area contributed by atoms with Crippen LogP contribution in [-0.4, -0.2) is 39.9 Å². The molecule has 1 aliphatic carbocycles. The molecule has 1 unspecified atom stereocenters. The number of carbonyl (C=O) groups is 1. The van der Waals surface area contributed by atoms with Gasteiger partial charge >= 0.3 is 0 Å². The molecule has 1 N–H and O–H groups in total. The molecule has 3 nitrogen and oxygen atoms in total. The maximum atomic E-state index is 12.4. The minimum atomic E-state index is -0.889. The molecule has 5 heteroatoms. The average Bonchev–Trinajstić information content (AvgIpc) is 2.89.